The Balaban J connectivity index is 1.40. The number of hydrogen-bond acceptors (Lipinski definition) is 5. The molecule has 29 heavy (non-hydrogen) atoms. The van der Waals surface area contributed by atoms with Crippen LogP contribution in [0.2, 0.25) is 0 Å². The molecule has 1 aliphatic carbocycles. The van der Waals surface area contributed by atoms with Gasteiger partial charge in [-0.1, -0.05) is 6.07 Å². The Morgan fingerprint density at radius 1 is 1.28 bits per heavy atom. The molecule has 3 aromatic rings. The summed E-state index contributed by atoms with van der Waals surface area (Å²) >= 11 is 0. The van der Waals surface area contributed by atoms with E-state index in [2.05, 4.69) is 10.4 Å². The molecule has 2 aliphatic rings. The molecule has 2 aromatic heterocycles. The summed E-state index contributed by atoms with van der Waals surface area (Å²) in [4.78, 5) is 19.8. The zero-order chi connectivity index (χ0) is 20.0. The van der Waals surface area contributed by atoms with Crippen LogP contribution in [0, 0.1) is 0 Å². The number of aromatic nitrogens is 3. The maximum Gasteiger partial charge on any atom is 0.254 e. The van der Waals surface area contributed by atoms with Gasteiger partial charge in [0.15, 0.2) is 5.65 Å². The highest BCUT2D eigenvalue weighted by atomic mass is 16.5. The van der Waals surface area contributed by atoms with Gasteiger partial charge in [-0.2, -0.15) is 5.10 Å². The number of ether oxygens (including phenoxy) is 1. The van der Waals surface area contributed by atoms with Gasteiger partial charge in [0.25, 0.3) is 5.91 Å². The molecule has 150 valence electrons. The maximum atomic E-state index is 13.1. The topological polar surface area (TPSA) is 71.8 Å². The van der Waals surface area contributed by atoms with Crippen LogP contribution >= 0.6 is 0 Å². The summed E-state index contributed by atoms with van der Waals surface area (Å²) in [7, 11) is 0. The average molecular weight is 391 g/mol. The van der Waals surface area contributed by atoms with Crippen LogP contribution in [0.3, 0.4) is 0 Å². The van der Waals surface area contributed by atoms with Crippen LogP contribution in [0.15, 0.2) is 36.5 Å². The predicted molar refractivity (Wildman–Crippen MR) is 110 cm³/mol. The van der Waals surface area contributed by atoms with E-state index in [9.17, 15) is 4.79 Å². The molecule has 0 spiro atoms. The van der Waals surface area contributed by atoms with E-state index in [1.807, 2.05) is 59.8 Å². The van der Waals surface area contributed by atoms with Crippen molar-refractivity contribution in [1.82, 2.24) is 19.5 Å². The fraction of sp³-hybridized carbons (Fsp3) is 0.409. The lowest BCUT2D eigenvalue weighted by Gasteiger charge is -2.26. The molecule has 0 radical (unpaired) electrons. The normalized spacial score (nSPS) is 16.2. The van der Waals surface area contributed by atoms with E-state index in [-0.39, 0.29) is 12.0 Å². The van der Waals surface area contributed by atoms with Gasteiger partial charge < -0.3 is 15.0 Å². The molecule has 7 heteroatoms. The number of benzene rings is 1. The average Bonchev–Trinajstić information content (AvgIpc) is 3.45. The molecule has 0 unspecified atom stereocenters. The Morgan fingerprint density at radius 2 is 2.14 bits per heavy atom. The lowest BCUT2D eigenvalue weighted by atomic mass is 10.1. The summed E-state index contributed by atoms with van der Waals surface area (Å²) in [6.07, 6.45) is 5.15. The van der Waals surface area contributed by atoms with Crippen molar-refractivity contribution in [3.05, 3.63) is 53.3 Å². The van der Waals surface area contributed by atoms with Crippen LogP contribution in [-0.4, -0.2) is 44.1 Å². The first kappa shape index (κ1) is 18.0. The molecule has 0 saturated heterocycles. The predicted octanol–water partition coefficient (Wildman–Crippen LogP) is 3.29. The minimum Gasteiger partial charge on any atom is -0.491 e. The van der Waals surface area contributed by atoms with Crippen LogP contribution in [0.4, 0.5) is 5.82 Å². The maximum absolute atomic E-state index is 13.1. The van der Waals surface area contributed by atoms with Crippen LogP contribution in [0.25, 0.3) is 5.65 Å². The summed E-state index contributed by atoms with van der Waals surface area (Å²) < 4.78 is 7.57. The third-order valence-corrected chi connectivity index (χ3v) is 5.30. The minimum atomic E-state index is 0.0106. The van der Waals surface area contributed by atoms with E-state index in [1.165, 1.54) is 12.8 Å². The molecular weight excluding hydrogens is 366 g/mol. The Morgan fingerprint density at radius 3 is 2.93 bits per heavy atom. The molecular formula is C22H25N5O2. The molecule has 3 heterocycles. The number of carbonyl (C=O) groups excluding carboxylic acids is 1. The second kappa shape index (κ2) is 7.06. The molecule has 1 amide bonds. The van der Waals surface area contributed by atoms with E-state index in [4.69, 9.17) is 9.72 Å². The Kier molecular flexibility index (Phi) is 4.38. The van der Waals surface area contributed by atoms with Crippen molar-refractivity contribution in [2.75, 3.05) is 11.9 Å². The van der Waals surface area contributed by atoms with Gasteiger partial charge in [0.1, 0.15) is 11.6 Å². The van der Waals surface area contributed by atoms with Gasteiger partial charge in [-0.15, -0.1) is 0 Å². The highest BCUT2D eigenvalue weighted by molar-refractivity contribution is 5.94. The molecule has 1 fully saturated rings. The van der Waals surface area contributed by atoms with Crippen molar-refractivity contribution in [3.8, 4) is 5.75 Å². The third-order valence-electron chi connectivity index (χ3n) is 5.30. The highest BCUT2D eigenvalue weighted by Crippen LogP contribution is 2.27. The van der Waals surface area contributed by atoms with Gasteiger partial charge in [0.05, 0.1) is 18.3 Å². The van der Waals surface area contributed by atoms with Crippen LogP contribution < -0.4 is 10.1 Å². The summed E-state index contributed by atoms with van der Waals surface area (Å²) in [6, 6.07) is 9.93. The van der Waals surface area contributed by atoms with Crippen molar-refractivity contribution < 1.29 is 9.53 Å². The third kappa shape index (κ3) is 3.64. The van der Waals surface area contributed by atoms with Crippen LogP contribution in [-0.2, 0) is 13.0 Å². The van der Waals surface area contributed by atoms with Crippen LogP contribution in [0.1, 0.15) is 48.3 Å². The van der Waals surface area contributed by atoms with E-state index in [1.54, 1.807) is 0 Å². The fourth-order valence-corrected chi connectivity index (χ4v) is 3.74. The summed E-state index contributed by atoms with van der Waals surface area (Å²) in [5.41, 5.74) is 3.55. The SMILES string of the molecule is CC(C)Oc1cccc(C(=O)N2CCc3nn4ccc(NC5CC5)nc4c3C2)c1. The summed E-state index contributed by atoms with van der Waals surface area (Å²) in [5, 5.41) is 8.11. The number of anilines is 1. The first-order valence-electron chi connectivity index (χ1n) is 10.3. The number of nitrogens with zero attached hydrogens (tertiary/aromatic N) is 4. The Hall–Kier alpha value is -3.09. The first-order chi connectivity index (χ1) is 14.1. The summed E-state index contributed by atoms with van der Waals surface area (Å²) in [5.74, 6) is 1.61. The van der Waals surface area contributed by atoms with Gasteiger partial charge in [0, 0.05) is 36.3 Å². The highest BCUT2D eigenvalue weighted by Gasteiger charge is 2.27. The number of amides is 1. The molecule has 0 atom stereocenters. The first-order valence-corrected chi connectivity index (χ1v) is 10.3. The minimum absolute atomic E-state index is 0.0106. The van der Waals surface area contributed by atoms with E-state index < -0.39 is 0 Å². The molecule has 0 bridgehead atoms. The number of rotatable bonds is 5. The van der Waals surface area contributed by atoms with Crippen molar-refractivity contribution in [2.45, 2.75) is 51.8 Å². The fourth-order valence-electron chi connectivity index (χ4n) is 3.74. The Bertz CT molecular complexity index is 1070. The van der Waals surface area contributed by atoms with Gasteiger partial charge in [-0.25, -0.2) is 9.50 Å². The lowest BCUT2D eigenvalue weighted by molar-refractivity contribution is 0.0734. The zero-order valence-corrected chi connectivity index (χ0v) is 16.8. The van der Waals surface area contributed by atoms with E-state index in [0.717, 1.165) is 34.9 Å². The lowest BCUT2D eigenvalue weighted by Crippen LogP contribution is -2.35. The van der Waals surface area contributed by atoms with E-state index >= 15 is 0 Å². The molecule has 7 nitrogen and oxygen atoms in total. The van der Waals surface area contributed by atoms with Gasteiger partial charge in [-0.3, -0.25) is 4.79 Å². The van der Waals surface area contributed by atoms with E-state index in [0.29, 0.717) is 24.7 Å². The number of carbonyl (C=O) groups is 1. The van der Waals surface area contributed by atoms with Crippen molar-refractivity contribution in [2.24, 2.45) is 0 Å². The molecule has 1 saturated carbocycles. The second-order valence-corrected chi connectivity index (χ2v) is 8.10. The molecule has 1 aliphatic heterocycles. The van der Waals surface area contributed by atoms with Gasteiger partial charge in [0.2, 0.25) is 0 Å². The summed E-state index contributed by atoms with van der Waals surface area (Å²) in [6.45, 7) is 5.13. The molecule has 5 rings (SSSR count). The molecule has 1 aromatic carbocycles. The number of hydrogen-bond donors (Lipinski definition) is 1. The Labute approximate surface area is 169 Å². The smallest absolute Gasteiger partial charge is 0.254 e. The quantitative estimate of drug-likeness (QED) is 0.723. The number of fused-ring (bicyclic) bond motifs is 3. The van der Waals surface area contributed by atoms with Crippen LogP contribution in [0.5, 0.6) is 5.75 Å². The standard InChI is InChI=1S/C22H25N5O2/c1-14(2)29-17-5-3-4-15(12-17)22(28)26-10-8-19-18(13-26)21-24-20(23-16-6-7-16)9-11-27(21)25-19/h3-5,9,11-12,14,16H,6-8,10,13H2,1-2H3,(H,23,24). The molecule has 1 N–H and O–H groups in total. The monoisotopic (exact) mass is 391 g/mol. The van der Waals surface area contributed by atoms with Crippen molar-refractivity contribution in [1.29, 1.82) is 0 Å². The van der Waals surface area contributed by atoms with Gasteiger partial charge >= 0.3 is 0 Å². The zero-order valence-electron chi connectivity index (χ0n) is 16.8. The number of nitrogens with one attached hydrogen (secondary N) is 1. The van der Waals surface area contributed by atoms with Gasteiger partial charge in [-0.05, 0) is 51.0 Å². The van der Waals surface area contributed by atoms with Crippen molar-refractivity contribution in [3.63, 3.8) is 0 Å². The van der Waals surface area contributed by atoms with Crippen molar-refractivity contribution >= 4 is 17.4 Å². The second-order valence-electron chi connectivity index (χ2n) is 8.10. The largest absolute Gasteiger partial charge is 0.491 e.